The van der Waals surface area contributed by atoms with Crippen LogP contribution < -0.4 is 10.1 Å². The van der Waals surface area contributed by atoms with Crippen LogP contribution in [0.5, 0.6) is 5.88 Å². The maximum absolute atomic E-state index is 10.9. The second-order valence-corrected chi connectivity index (χ2v) is 4.29. The van der Waals surface area contributed by atoms with Crippen molar-refractivity contribution in [3.8, 4) is 5.88 Å². The first-order valence-corrected chi connectivity index (χ1v) is 6.25. The molecule has 0 aromatic carbocycles. The molecule has 0 saturated carbocycles. The first kappa shape index (κ1) is 13.5. The van der Waals surface area contributed by atoms with Gasteiger partial charge >= 0.3 is 5.69 Å². The summed E-state index contributed by atoms with van der Waals surface area (Å²) in [5.41, 5.74) is -0.208. The maximum Gasteiger partial charge on any atom is 0.349 e. The van der Waals surface area contributed by atoms with E-state index in [1.807, 2.05) is 0 Å². The minimum atomic E-state index is -0.537. The van der Waals surface area contributed by atoms with E-state index in [0.29, 0.717) is 12.6 Å². The normalized spacial score (nSPS) is 15.4. The molecule has 104 valence electrons. The highest BCUT2D eigenvalue weighted by Crippen LogP contribution is 2.24. The predicted molar refractivity (Wildman–Crippen MR) is 69.4 cm³/mol. The number of likely N-dealkylation sites (tertiary alicyclic amines) is 1. The summed E-state index contributed by atoms with van der Waals surface area (Å²) in [7, 11) is 1.65. The van der Waals surface area contributed by atoms with E-state index in [-0.39, 0.29) is 11.6 Å². The van der Waals surface area contributed by atoms with Crippen molar-refractivity contribution in [3.63, 3.8) is 0 Å². The summed E-state index contributed by atoms with van der Waals surface area (Å²) < 4.78 is 5.43. The lowest BCUT2D eigenvalue weighted by molar-refractivity contribution is -0.386. The minimum absolute atomic E-state index is 0.0172. The molecule has 0 unspecified atom stereocenters. The van der Waals surface area contributed by atoms with Crippen molar-refractivity contribution in [3.05, 3.63) is 16.3 Å². The van der Waals surface area contributed by atoms with E-state index in [4.69, 9.17) is 4.74 Å². The van der Waals surface area contributed by atoms with Gasteiger partial charge in [0.2, 0.25) is 5.95 Å². The number of ether oxygens (including phenoxy) is 1. The molecule has 8 heteroatoms. The molecule has 0 amide bonds. The number of rotatable bonds is 6. The molecule has 2 rings (SSSR count). The zero-order chi connectivity index (χ0) is 13.7. The van der Waals surface area contributed by atoms with Gasteiger partial charge in [0.15, 0.2) is 0 Å². The lowest BCUT2D eigenvalue weighted by atomic mass is 10.4. The van der Waals surface area contributed by atoms with Crippen molar-refractivity contribution in [2.75, 3.05) is 38.6 Å². The van der Waals surface area contributed by atoms with Crippen molar-refractivity contribution in [2.45, 2.75) is 12.8 Å². The smallest absolute Gasteiger partial charge is 0.349 e. The largest absolute Gasteiger partial charge is 0.471 e. The van der Waals surface area contributed by atoms with Gasteiger partial charge in [-0.1, -0.05) is 0 Å². The number of anilines is 1. The summed E-state index contributed by atoms with van der Waals surface area (Å²) >= 11 is 0. The number of hydrogen-bond donors (Lipinski definition) is 1. The number of nitrogens with one attached hydrogen (secondary N) is 1. The van der Waals surface area contributed by atoms with Crippen LogP contribution in [0.2, 0.25) is 0 Å². The minimum Gasteiger partial charge on any atom is -0.471 e. The first-order valence-electron chi connectivity index (χ1n) is 6.25. The maximum atomic E-state index is 10.9. The van der Waals surface area contributed by atoms with E-state index in [1.54, 1.807) is 7.05 Å². The van der Waals surface area contributed by atoms with Crippen LogP contribution in [0, 0.1) is 10.1 Å². The highest BCUT2D eigenvalue weighted by molar-refractivity contribution is 5.42. The van der Waals surface area contributed by atoms with Gasteiger partial charge in [-0.2, -0.15) is 4.98 Å². The molecule has 1 aliphatic heterocycles. The molecule has 0 spiro atoms. The second-order valence-electron chi connectivity index (χ2n) is 4.29. The third-order valence-electron chi connectivity index (χ3n) is 3.00. The van der Waals surface area contributed by atoms with Gasteiger partial charge in [-0.05, 0) is 25.9 Å². The molecule has 0 aliphatic carbocycles. The van der Waals surface area contributed by atoms with Crippen LogP contribution in [0.1, 0.15) is 12.8 Å². The van der Waals surface area contributed by atoms with E-state index in [0.717, 1.165) is 25.8 Å². The molecule has 1 aromatic rings. The molecule has 0 atom stereocenters. The molecule has 1 aliphatic rings. The Labute approximate surface area is 110 Å². The van der Waals surface area contributed by atoms with Crippen molar-refractivity contribution < 1.29 is 9.66 Å². The molecule has 0 bridgehead atoms. The van der Waals surface area contributed by atoms with Gasteiger partial charge in [0, 0.05) is 13.6 Å². The van der Waals surface area contributed by atoms with Gasteiger partial charge < -0.3 is 10.1 Å². The van der Waals surface area contributed by atoms with Gasteiger partial charge in [-0.3, -0.25) is 15.0 Å². The summed E-state index contributed by atoms with van der Waals surface area (Å²) in [4.78, 5) is 20.4. The predicted octanol–water partition coefficient (Wildman–Crippen LogP) is 0.901. The van der Waals surface area contributed by atoms with Crippen LogP contribution in [0.25, 0.3) is 0 Å². The Morgan fingerprint density at radius 2 is 2.26 bits per heavy atom. The van der Waals surface area contributed by atoms with Crippen LogP contribution in [0.15, 0.2) is 6.20 Å². The highest BCUT2D eigenvalue weighted by Gasteiger charge is 2.19. The second kappa shape index (κ2) is 6.28. The molecular formula is C11H17N5O3. The quantitative estimate of drug-likeness (QED) is 0.604. The zero-order valence-electron chi connectivity index (χ0n) is 10.8. The van der Waals surface area contributed by atoms with Gasteiger partial charge in [-0.25, -0.2) is 4.98 Å². The highest BCUT2D eigenvalue weighted by atomic mass is 16.6. The van der Waals surface area contributed by atoms with Crippen molar-refractivity contribution in [1.29, 1.82) is 0 Å². The Bertz CT molecular complexity index is 448. The fourth-order valence-electron chi connectivity index (χ4n) is 1.99. The van der Waals surface area contributed by atoms with E-state index < -0.39 is 4.92 Å². The number of aromatic nitrogens is 2. The standard InChI is InChI=1S/C11H17N5O3/c1-12-11-13-8-9(16(17)18)10(14-11)19-7-6-15-4-2-3-5-15/h8H,2-7H2,1H3,(H,12,13,14). The fourth-order valence-corrected chi connectivity index (χ4v) is 1.99. The Balaban J connectivity index is 1.98. The van der Waals surface area contributed by atoms with Gasteiger partial charge in [0.1, 0.15) is 12.8 Å². The SMILES string of the molecule is CNc1ncc([N+](=O)[O-])c(OCCN2CCCC2)n1. The van der Waals surface area contributed by atoms with Crippen LogP contribution >= 0.6 is 0 Å². The Hall–Kier alpha value is -1.96. The van der Waals surface area contributed by atoms with Crippen LogP contribution in [-0.2, 0) is 0 Å². The van der Waals surface area contributed by atoms with Crippen molar-refractivity contribution >= 4 is 11.6 Å². The molecule has 0 radical (unpaired) electrons. The molecule has 1 fully saturated rings. The van der Waals surface area contributed by atoms with Gasteiger partial charge in [0.25, 0.3) is 5.88 Å². The Kier molecular flexibility index (Phi) is 4.45. The molecular weight excluding hydrogens is 250 g/mol. The fraction of sp³-hybridized carbons (Fsp3) is 0.636. The molecule has 8 nitrogen and oxygen atoms in total. The van der Waals surface area contributed by atoms with E-state index in [2.05, 4.69) is 20.2 Å². The lowest BCUT2D eigenvalue weighted by Crippen LogP contribution is -2.25. The van der Waals surface area contributed by atoms with E-state index in [1.165, 1.54) is 12.8 Å². The average Bonchev–Trinajstić information content (AvgIpc) is 2.91. The van der Waals surface area contributed by atoms with Crippen molar-refractivity contribution in [2.24, 2.45) is 0 Å². The third-order valence-corrected chi connectivity index (χ3v) is 3.00. The van der Waals surface area contributed by atoms with Crippen LogP contribution in [-0.4, -0.2) is 53.1 Å². The molecule has 1 aromatic heterocycles. The summed E-state index contributed by atoms with van der Waals surface area (Å²) in [6, 6.07) is 0. The number of hydrogen-bond acceptors (Lipinski definition) is 7. The summed E-state index contributed by atoms with van der Waals surface area (Å²) in [6.45, 7) is 3.28. The van der Waals surface area contributed by atoms with Crippen LogP contribution in [0.3, 0.4) is 0 Å². The monoisotopic (exact) mass is 267 g/mol. The summed E-state index contributed by atoms with van der Waals surface area (Å²) in [5.74, 6) is 0.324. The van der Waals surface area contributed by atoms with Crippen LogP contribution in [0.4, 0.5) is 11.6 Å². The van der Waals surface area contributed by atoms with E-state index in [9.17, 15) is 10.1 Å². The number of nitro groups is 1. The molecule has 2 heterocycles. The van der Waals surface area contributed by atoms with E-state index >= 15 is 0 Å². The third kappa shape index (κ3) is 3.50. The number of nitrogens with zero attached hydrogens (tertiary/aromatic N) is 4. The average molecular weight is 267 g/mol. The van der Waals surface area contributed by atoms with Gasteiger partial charge in [0.05, 0.1) is 4.92 Å². The van der Waals surface area contributed by atoms with Gasteiger partial charge in [-0.15, -0.1) is 0 Å². The summed E-state index contributed by atoms with van der Waals surface area (Å²) in [5, 5.41) is 13.6. The first-order chi connectivity index (χ1) is 9.20. The van der Waals surface area contributed by atoms with Crippen molar-refractivity contribution in [1.82, 2.24) is 14.9 Å². The zero-order valence-corrected chi connectivity index (χ0v) is 10.8. The molecule has 19 heavy (non-hydrogen) atoms. The molecule has 1 saturated heterocycles. The Morgan fingerprint density at radius 1 is 1.53 bits per heavy atom. The lowest BCUT2D eigenvalue weighted by Gasteiger charge is -2.14. The molecule has 1 N–H and O–H groups in total. The topological polar surface area (TPSA) is 93.4 Å². The summed E-state index contributed by atoms with van der Waals surface area (Å²) in [6.07, 6.45) is 3.57. The Morgan fingerprint density at radius 3 is 2.89 bits per heavy atom.